The Bertz CT molecular complexity index is 562. The van der Waals surface area contributed by atoms with Crippen LogP contribution in [0.2, 0.25) is 0 Å². The molecule has 1 aliphatic heterocycles. The maximum absolute atomic E-state index is 14.6. The molecule has 22 heavy (non-hydrogen) atoms. The van der Waals surface area contributed by atoms with Crippen LogP contribution in [0.4, 0.5) is 8.78 Å². The second-order valence-corrected chi connectivity index (χ2v) is 7.66. The smallest absolute Gasteiger partial charge is 0.262 e. The van der Waals surface area contributed by atoms with Gasteiger partial charge in [-0.3, -0.25) is 4.79 Å². The molecule has 0 saturated carbocycles. The standard InChI is InChI=1S/C17H22BrF2NO/c1-4-12-10-17(2,3)7-8-21(12)16(22)15(20)13-6-5-11(18)9-14(13)19/h5-6,9,12,15H,4,7-8,10H2,1-3H3. The van der Waals surface area contributed by atoms with E-state index in [1.807, 2.05) is 6.92 Å². The van der Waals surface area contributed by atoms with E-state index in [9.17, 15) is 13.6 Å². The molecule has 0 aromatic heterocycles. The van der Waals surface area contributed by atoms with Crippen molar-refractivity contribution in [2.75, 3.05) is 6.54 Å². The molecule has 1 aromatic rings. The summed E-state index contributed by atoms with van der Waals surface area (Å²) in [5.41, 5.74) is -0.0283. The van der Waals surface area contributed by atoms with Crippen LogP contribution in [0.5, 0.6) is 0 Å². The second-order valence-electron chi connectivity index (χ2n) is 6.74. The van der Waals surface area contributed by atoms with Crippen LogP contribution in [-0.2, 0) is 4.79 Å². The lowest BCUT2D eigenvalue weighted by Crippen LogP contribution is -2.49. The molecule has 0 spiro atoms. The molecule has 122 valence electrons. The maximum atomic E-state index is 14.6. The van der Waals surface area contributed by atoms with Gasteiger partial charge in [-0.25, -0.2) is 8.78 Å². The van der Waals surface area contributed by atoms with Gasteiger partial charge >= 0.3 is 0 Å². The number of hydrogen-bond donors (Lipinski definition) is 0. The molecule has 2 rings (SSSR count). The zero-order chi connectivity index (χ0) is 16.5. The van der Waals surface area contributed by atoms with Gasteiger partial charge in [0.05, 0.1) is 0 Å². The monoisotopic (exact) mass is 373 g/mol. The molecular formula is C17H22BrF2NO. The minimum Gasteiger partial charge on any atom is -0.337 e. The van der Waals surface area contributed by atoms with E-state index in [0.29, 0.717) is 11.0 Å². The maximum Gasteiger partial charge on any atom is 0.262 e. The van der Waals surface area contributed by atoms with Crippen molar-refractivity contribution in [1.29, 1.82) is 0 Å². The molecule has 2 atom stereocenters. The summed E-state index contributed by atoms with van der Waals surface area (Å²) in [6, 6.07) is 4.09. The van der Waals surface area contributed by atoms with Gasteiger partial charge in [0, 0.05) is 22.6 Å². The average Bonchev–Trinajstić information content (AvgIpc) is 2.45. The van der Waals surface area contributed by atoms with E-state index >= 15 is 0 Å². The molecule has 1 saturated heterocycles. The highest BCUT2D eigenvalue weighted by Gasteiger charge is 2.38. The van der Waals surface area contributed by atoms with E-state index in [-0.39, 0.29) is 17.0 Å². The molecule has 2 nitrogen and oxygen atoms in total. The molecular weight excluding hydrogens is 352 g/mol. The van der Waals surface area contributed by atoms with Gasteiger partial charge in [-0.05, 0) is 36.8 Å². The zero-order valence-electron chi connectivity index (χ0n) is 13.2. The van der Waals surface area contributed by atoms with E-state index in [4.69, 9.17) is 0 Å². The van der Waals surface area contributed by atoms with Crippen LogP contribution < -0.4 is 0 Å². The fraction of sp³-hybridized carbons (Fsp3) is 0.588. The first-order valence-corrected chi connectivity index (χ1v) is 8.44. The van der Waals surface area contributed by atoms with E-state index < -0.39 is 17.9 Å². The predicted octanol–water partition coefficient (Wildman–Crippen LogP) is 5.03. The van der Waals surface area contributed by atoms with Gasteiger partial charge in [0.1, 0.15) is 5.82 Å². The largest absolute Gasteiger partial charge is 0.337 e. The fourth-order valence-electron chi connectivity index (χ4n) is 3.10. The van der Waals surface area contributed by atoms with Gasteiger partial charge in [0.15, 0.2) is 0 Å². The third-order valence-corrected chi connectivity index (χ3v) is 4.96. The normalized spacial score (nSPS) is 22.5. The van der Waals surface area contributed by atoms with Crippen molar-refractivity contribution in [2.45, 2.75) is 52.2 Å². The molecule has 0 radical (unpaired) electrons. The van der Waals surface area contributed by atoms with Crippen LogP contribution in [0.1, 0.15) is 51.8 Å². The van der Waals surface area contributed by atoms with Crippen LogP contribution in [0.3, 0.4) is 0 Å². The van der Waals surface area contributed by atoms with Crippen molar-refractivity contribution < 1.29 is 13.6 Å². The SMILES string of the molecule is CCC1CC(C)(C)CCN1C(=O)C(F)c1ccc(Br)cc1F. The van der Waals surface area contributed by atoms with Crippen LogP contribution in [0, 0.1) is 11.2 Å². The number of nitrogens with zero attached hydrogens (tertiary/aromatic N) is 1. The van der Waals surface area contributed by atoms with Crippen LogP contribution in [0.25, 0.3) is 0 Å². The first-order chi connectivity index (χ1) is 10.2. The van der Waals surface area contributed by atoms with Crippen LogP contribution >= 0.6 is 15.9 Å². The number of rotatable bonds is 3. The summed E-state index contributed by atoms with van der Waals surface area (Å²) < 4.78 is 29.0. The summed E-state index contributed by atoms with van der Waals surface area (Å²) in [4.78, 5) is 14.1. The number of piperidine rings is 1. The van der Waals surface area contributed by atoms with E-state index in [1.165, 1.54) is 12.1 Å². The predicted molar refractivity (Wildman–Crippen MR) is 86.8 cm³/mol. The summed E-state index contributed by atoms with van der Waals surface area (Å²) in [6.07, 6.45) is 0.531. The Kier molecular flexibility index (Phi) is 5.25. The Hall–Kier alpha value is -0.970. The summed E-state index contributed by atoms with van der Waals surface area (Å²) in [7, 11) is 0. The number of carbonyl (C=O) groups excluding carboxylic acids is 1. The van der Waals surface area contributed by atoms with E-state index in [1.54, 1.807) is 11.0 Å². The van der Waals surface area contributed by atoms with Crippen molar-refractivity contribution in [3.05, 3.63) is 34.1 Å². The van der Waals surface area contributed by atoms with E-state index in [2.05, 4.69) is 29.8 Å². The van der Waals surface area contributed by atoms with Gasteiger partial charge in [-0.15, -0.1) is 0 Å². The van der Waals surface area contributed by atoms with Crippen molar-refractivity contribution in [3.63, 3.8) is 0 Å². The van der Waals surface area contributed by atoms with Gasteiger partial charge < -0.3 is 4.90 Å². The second kappa shape index (κ2) is 6.65. The summed E-state index contributed by atoms with van der Waals surface area (Å²) in [6.45, 7) is 6.86. The molecule has 0 aliphatic carbocycles. The fourth-order valence-corrected chi connectivity index (χ4v) is 3.43. The quantitative estimate of drug-likeness (QED) is 0.727. The third-order valence-electron chi connectivity index (χ3n) is 4.47. The number of amides is 1. The van der Waals surface area contributed by atoms with Gasteiger partial charge in [-0.2, -0.15) is 0 Å². The minimum atomic E-state index is -1.94. The minimum absolute atomic E-state index is 0.0213. The van der Waals surface area contributed by atoms with Crippen LogP contribution in [-0.4, -0.2) is 23.4 Å². The lowest BCUT2D eigenvalue weighted by atomic mass is 9.78. The molecule has 2 unspecified atom stereocenters. The first kappa shape index (κ1) is 17.4. The summed E-state index contributed by atoms with van der Waals surface area (Å²) in [5.74, 6) is -1.32. The summed E-state index contributed by atoms with van der Waals surface area (Å²) >= 11 is 3.13. The Morgan fingerprint density at radius 2 is 2.18 bits per heavy atom. The first-order valence-electron chi connectivity index (χ1n) is 7.64. The average molecular weight is 374 g/mol. The Morgan fingerprint density at radius 1 is 1.50 bits per heavy atom. The lowest BCUT2D eigenvalue weighted by molar-refractivity contribution is -0.142. The van der Waals surface area contributed by atoms with Crippen LogP contribution in [0.15, 0.2) is 22.7 Å². The molecule has 1 heterocycles. The highest BCUT2D eigenvalue weighted by Crippen LogP contribution is 2.37. The third kappa shape index (κ3) is 3.67. The number of hydrogen-bond acceptors (Lipinski definition) is 1. The number of halogens is 3. The van der Waals surface area contributed by atoms with Gasteiger partial charge in [-0.1, -0.05) is 42.8 Å². The van der Waals surface area contributed by atoms with Gasteiger partial charge in [0.25, 0.3) is 5.91 Å². The highest BCUT2D eigenvalue weighted by molar-refractivity contribution is 9.10. The summed E-state index contributed by atoms with van der Waals surface area (Å²) in [5, 5.41) is 0. The topological polar surface area (TPSA) is 20.3 Å². The molecule has 1 fully saturated rings. The Labute approximate surface area is 139 Å². The lowest BCUT2D eigenvalue weighted by Gasteiger charge is -2.43. The van der Waals surface area contributed by atoms with Crippen molar-refractivity contribution >= 4 is 21.8 Å². The Balaban J connectivity index is 2.19. The van der Waals surface area contributed by atoms with Crippen molar-refractivity contribution in [1.82, 2.24) is 4.90 Å². The number of carbonyl (C=O) groups is 1. The zero-order valence-corrected chi connectivity index (χ0v) is 14.8. The molecule has 0 N–H and O–H groups in total. The highest BCUT2D eigenvalue weighted by atomic mass is 79.9. The van der Waals surface area contributed by atoms with Crippen molar-refractivity contribution in [2.24, 2.45) is 5.41 Å². The molecule has 1 aliphatic rings. The Morgan fingerprint density at radius 3 is 2.77 bits per heavy atom. The number of benzene rings is 1. The number of likely N-dealkylation sites (tertiary alicyclic amines) is 1. The molecule has 1 amide bonds. The van der Waals surface area contributed by atoms with Crippen molar-refractivity contribution in [3.8, 4) is 0 Å². The molecule has 1 aromatic carbocycles. The number of alkyl halides is 1. The van der Waals surface area contributed by atoms with Gasteiger partial charge in [0.2, 0.25) is 6.17 Å². The van der Waals surface area contributed by atoms with E-state index in [0.717, 1.165) is 19.3 Å². The molecule has 0 bridgehead atoms. The molecule has 5 heteroatoms.